The Hall–Kier alpha value is -0.100. The third-order valence-electron chi connectivity index (χ3n) is 4.08. The molecule has 0 aliphatic heterocycles. The van der Waals surface area contributed by atoms with E-state index in [9.17, 15) is 4.79 Å². The van der Waals surface area contributed by atoms with Gasteiger partial charge >= 0.3 is 5.97 Å². The molecule has 0 radical (unpaired) electrons. The second-order valence-electron chi connectivity index (χ2n) is 5.01. The Morgan fingerprint density at radius 1 is 1.40 bits per heavy atom. The summed E-state index contributed by atoms with van der Waals surface area (Å²) in [6.45, 7) is 4.43. The van der Waals surface area contributed by atoms with Crippen LogP contribution in [0.4, 0.5) is 0 Å². The molecule has 1 aliphatic rings. The molecule has 0 aromatic carbocycles. The molecule has 0 amide bonds. The molecule has 2 unspecified atom stereocenters. The summed E-state index contributed by atoms with van der Waals surface area (Å²) in [5, 5.41) is 0. The number of carbonyl (C=O) groups excluding carboxylic acids is 1. The molecule has 0 aromatic heterocycles. The molecule has 0 bridgehead atoms. The van der Waals surface area contributed by atoms with Gasteiger partial charge in [0.2, 0.25) is 0 Å². The molecule has 0 aromatic rings. The summed E-state index contributed by atoms with van der Waals surface area (Å²) in [5.74, 6) is 0.621. The SMILES string of the molecule is CCC(C)(CC(=O)OP)C1CCCCC1. The zero-order valence-electron chi connectivity index (χ0n) is 9.92. The fraction of sp³-hybridized carbons (Fsp3) is 0.917. The molecule has 2 nitrogen and oxygen atoms in total. The van der Waals surface area contributed by atoms with Crippen LogP contribution in [0.2, 0.25) is 0 Å². The van der Waals surface area contributed by atoms with Crippen LogP contribution in [0.1, 0.15) is 58.8 Å². The van der Waals surface area contributed by atoms with Crippen LogP contribution >= 0.6 is 9.47 Å². The van der Waals surface area contributed by atoms with E-state index in [4.69, 9.17) is 4.52 Å². The summed E-state index contributed by atoms with van der Waals surface area (Å²) in [5.41, 5.74) is 0.147. The van der Waals surface area contributed by atoms with Gasteiger partial charge in [-0.3, -0.25) is 4.79 Å². The summed E-state index contributed by atoms with van der Waals surface area (Å²) in [6, 6.07) is 0. The third kappa shape index (κ3) is 3.45. The van der Waals surface area contributed by atoms with Crippen molar-refractivity contribution in [2.75, 3.05) is 0 Å². The predicted molar refractivity (Wildman–Crippen MR) is 65.4 cm³/mol. The van der Waals surface area contributed by atoms with Gasteiger partial charge in [0.05, 0.1) is 15.9 Å². The molecular formula is C12H23O2P. The zero-order chi connectivity index (χ0) is 11.3. The quantitative estimate of drug-likeness (QED) is 0.688. The first kappa shape index (κ1) is 13.0. The molecule has 0 N–H and O–H groups in total. The van der Waals surface area contributed by atoms with Gasteiger partial charge in [-0.05, 0) is 30.6 Å². The molecule has 1 saturated carbocycles. The normalized spacial score (nSPS) is 22.1. The highest BCUT2D eigenvalue weighted by Crippen LogP contribution is 2.43. The van der Waals surface area contributed by atoms with Crippen molar-refractivity contribution in [1.82, 2.24) is 0 Å². The lowest BCUT2D eigenvalue weighted by Crippen LogP contribution is -2.31. The first-order valence-corrected chi connectivity index (χ1v) is 6.49. The van der Waals surface area contributed by atoms with Gasteiger partial charge in [-0.1, -0.05) is 33.1 Å². The van der Waals surface area contributed by atoms with Crippen molar-refractivity contribution in [2.45, 2.75) is 58.8 Å². The van der Waals surface area contributed by atoms with Gasteiger partial charge in [0.25, 0.3) is 0 Å². The molecule has 0 heterocycles. The monoisotopic (exact) mass is 230 g/mol. The number of rotatable bonds is 4. The maximum absolute atomic E-state index is 11.4. The molecule has 0 spiro atoms. The molecular weight excluding hydrogens is 207 g/mol. The van der Waals surface area contributed by atoms with E-state index < -0.39 is 0 Å². The van der Waals surface area contributed by atoms with E-state index in [0.29, 0.717) is 12.3 Å². The summed E-state index contributed by atoms with van der Waals surface area (Å²) < 4.78 is 4.72. The maximum Gasteiger partial charge on any atom is 0.308 e. The molecule has 1 rings (SSSR count). The van der Waals surface area contributed by atoms with Gasteiger partial charge in [0, 0.05) is 0 Å². The van der Waals surface area contributed by atoms with E-state index in [-0.39, 0.29) is 11.4 Å². The Morgan fingerprint density at radius 3 is 2.47 bits per heavy atom. The lowest BCUT2D eigenvalue weighted by Gasteiger charge is -2.38. The zero-order valence-corrected chi connectivity index (χ0v) is 11.1. The number of carbonyl (C=O) groups is 1. The summed E-state index contributed by atoms with van der Waals surface area (Å²) in [4.78, 5) is 11.4. The predicted octanol–water partition coefficient (Wildman–Crippen LogP) is 3.71. The molecule has 0 saturated heterocycles. The van der Waals surface area contributed by atoms with Crippen LogP contribution in [0.15, 0.2) is 0 Å². The Balaban J connectivity index is 2.60. The van der Waals surface area contributed by atoms with Crippen molar-refractivity contribution < 1.29 is 9.32 Å². The topological polar surface area (TPSA) is 26.3 Å². The fourth-order valence-electron chi connectivity index (χ4n) is 2.73. The highest BCUT2D eigenvalue weighted by molar-refractivity contribution is 7.10. The minimum absolute atomic E-state index is 0.0880. The van der Waals surface area contributed by atoms with Crippen molar-refractivity contribution in [3.05, 3.63) is 0 Å². The maximum atomic E-state index is 11.4. The Kier molecular flexibility index (Phi) is 5.05. The third-order valence-corrected chi connectivity index (χ3v) is 4.34. The molecule has 1 fully saturated rings. The van der Waals surface area contributed by atoms with Crippen LogP contribution in [-0.4, -0.2) is 5.97 Å². The molecule has 2 atom stereocenters. The minimum Gasteiger partial charge on any atom is -0.451 e. The van der Waals surface area contributed by atoms with E-state index in [2.05, 4.69) is 23.3 Å². The van der Waals surface area contributed by atoms with Crippen LogP contribution < -0.4 is 0 Å². The second kappa shape index (κ2) is 5.84. The fourth-order valence-corrected chi connectivity index (χ4v) is 2.81. The van der Waals surface area contributed by atoms with Crippen LogP contribution in [0.3, 0.4) is 0 Å². The highest BCUT2D eigenvalue weighted by atomic mass is 31.0. The summed E-state index contributed by atoms with van der Waals surface area (Å²) >= 11 is 0. The summed E-state index contributed by atoms with van der Waals surface area (Å²) in [7, 11) is 2.06. The van der Waals surface area contributed by atoms with Crippen molar-refractivity contribution in [3.8, 4) is 0 Å². The summed E-state index contributed by atoms with van der Waals surface area (Å²) in [6.07, 6.45) is 8.23. The lowest BCUT2D eigenvalue weighted by molar-refractivity contribution is -0.136. The van der Waals surface area contributed by atoms with Crippen molar-refractivity contribution in [1.29, 1.82) is 0 Å². The van der Waals surface area contributed by atoms with Gasteiger partial charge < -0.3 is 4.52 Å². The van der Waals surface area contributed by atoms with Crippen LogP contribution in [0.25, 0.3) is 0 Å². The van der Waals surface area contributed by atoms with Gasteiger partial charge in [-0.25, -0.2) is 0 Å². The standard InChI is InChI=1S/C12H23O2P/c1-3-12(2,9-11(13)14-15)10-7-5-4-6-8-10/h10H,3-9,15H2,1-2H3. The Morgan fingerprint density at radius 2 is 2.00 bits per heavy atom. The average Bonchev–Trinajstić information content (AvgIpc) is 2.30. The van der Waals surface area contributed by atoms with Crippen LogP contribution in [0.5, 0.6) is 0 Å². The van der Waals surface area contributed by atoms with E-state index in [0.717, 1.165) is 6.42 Å². The van der Waals surface area contributed by atoms with Crippen molar-refractivity contribution in [2.24, 2.45) is 11.3 Å². The van der Waals surface area contributed by atoms with Gasteiger partial charge in [-0.2, -0.15) is 0 Å². The van der Waals surface area contributed by atoms with Crippen molar-refractivity contribution >= 4 is 15.4 Å². The number of hydrogen-bond acceptors (Lipinski definition) is 2. The average molecular weight is 230 g/mol. The first-order valence-electron chi connectivity index (χ1n) is 6.02. The smallest absolute Gasteiger partial charge is 0.308 e. The van der Waals surface area contributed by atoms with Gasteiger partial charge in [-0.15, -0.1) is 0 Å². The van der Waals surface area contributed by atoms with Gasteiger partial charge in [0.1, 0.15) is 0 Å². The second-order valence-corrected chi connectivity index (χ2v) is 5.24. The Labute approximate surface area is 95.4 Å². The number of hydrogen-bond donors (Lipinski definition) is 0. The lowest BCUT2D eigenvalue weighted by atomic mass is 9.67. The Bertz CT molecular complexity index is 212. The highest BCUT2D eigenvalue weighted by Gasteiger charge is 2.35. The van der Waals surface area contributed by atoms with Crippen LogP contribution in [0, 0.1) is 11.3 Å². The van der Waals surface area contributed by atoms with E-state index >= 15 is 0 Å². The molecule has 3 heteroatoms. The van der Waals surface area contributed by atoms with E-state index in [1.165, 1.54) is 32.1 Å². The van der Waals surface area contributed by atoms with Gasteiger partial charge in [0.15, 0.2) is 0 Å². The first-order chi connectivity index (χ1) is 7.12. The molecule has 15 heavy (non-hydrogen) atoms. The minimum atomic E-state index is -0.0880. The van der Waals surface area contributed by atoms with Crippen molar-refractivity contribution in [3.63, 3.8) is 0 Å². The largest absolute Gasteiger partial charge is 0.451 e. The van der Waals surface area contributed by atoms with E-state index in [1.807, 2.05) is 0 Å². The van der Waals surface area contributed by atoms with E-state index in [1.54, 1.807) is 0 Å². The molecule has 88 valence electrons. The molecule has 1 aliphatic carbocycles. The van der Waals surface area contributed by atoms with Crippen LogP contribution in [-0.2, 0) is 9.32 Å².